The molecule has 0 aliphatic rings. The molecule has 0 saturated carbocycles. The second-order valence-electron chi connectivity index (χ2n) is 3.89. The predicted molar refractivity (Wildman–Crippen MR) is 68.4 cm³/mol. The highest BCUT2D eigenvalue weighted by Gasteiger charge is 2.14. The van der Waals surface area contributed by atoms with Crippen LogP contribution >= 0.6 is 0 Å². The highest BCUT2D eigenvalue weighted by Crippen LogP contribution is 2.10. The summed E-state index contributed by atoms with van der Waals surface area (Å²) < 4.78 is 1.65. The van der Waals surface area contributed by atoms with Gasteiger partial charge in [0, 0.05) is 18.8 Å². The summed E-state index contributed by atoms with van der Waals surface area (Å²) in [7, 11) is 1.57. The molecule has 0 aliphatic carbocycles. The van der Waals surface area contributed by atoms with E-state index in [0.717, 1.165) is 0 Å². The van der Waals surface area contributed by atoms with Crippen LogP contribution in [-0.4, -0.2) is 23.3 Å². The molecule has 18 heavy (non-hydrogen) atoms. The normalized spacial score (nSPS) is 10.1. The number of likely N-dealkylation sites (N-methyl/N-ethyl adjacent to an activating group) is 1. The molecule has 0 saturated heterocycles. The number of carbonyl (C=O) groups is 2. The Hall–Kier alpha value is -2.36. The smallest absolute Gasteiger partial charge is 0.239 e. The van der Waals surface area contributed by atoms with Crippen molar-refractivity contribution in [2.24, 2.45) is 0 Å². The van der Waals surface area contributed by atoms with Crippen molar-refractivity contribution in [1.82, 2.24) is 9.88 Å². The van der Waals surface area contributed by atoms with Crippen molar-refractivity contribution in [1.29, 1.82) is 0 Å². The van der Waals surface area contributed by atoms with Gasteiger partial charge in [-0.05, 0) is 12.1 Å². The number of nitrogens with zero attached hydrogens (tertiary/aromatic N) is 1. The van der Waals surface area contributed by atoms with Crippen LogP contribution in [0, 0.1) is 0 Å². The molecule has 4 heteroatoms. The Morgan fingerprint density at radius 2 is 1.83 bits per heavy atom. The maximum atomic E-state index is 12.2. The summed E-state index contributed by atoms with van der Waals surface area (Å²) in [4.78, 5) is 23.6. The second-order valence-corrected chi connectivity index (χ2v) is 3.89. The lowest BCUT2D eigenvalue weighted by atomic mass is 10.1. The SMILES string of the molecule is CNC(=O)Cn1cccc1C(=O)c1ccccc1. The lowest BCUT2D eigenvalue weighted by Crippen LogP contribution is -2.24. The topological polar surface area (TPSA) is 51.1 Å². The van der Waals surface area contributed by atoms with Gasteiger partial charge in [0.15, 0.2) is 0 Å². The van der Waals surface area contributed by atoms with Gasteiger partial charge in [0.25, 0.3) is 0 Å². The largest absolute Gasteiger partial charge is 0.358 e. The van der Waals surface area contributed by atoms with Crippen LogP contribution in [0.3, 0.4) is 0 Å². The molecule has 1 aromatic heterocycles. The van der Waals surface area contributed by atoms with Gasteiger partial charge >= 0.3 is 0 Å². The van der Waals surface area contributed by atoms with E-state index in [4.69, 9.17) is 0 Å². The number of ketones is 1. The first-order valence-electron chi connectivity index (χ1n) is 5.68. The number of benzene rings is 1. The van der Waals surface area contributed by atoms with Crippen LogP contribution in [0.1, 0.15) is 16.1 Å². The lowest BCUT2D eigenvalue weighted by Gasteiger charge is -2.07. The molecule has 0 atom stereocenters. The molecule has 0 radical (unpaired) electrons. The third kappa shape index (κ3) is 2.48. The molecule has 0 bridgehead atoms. The summed E-state index contributed by atoms with van der Waals surface area (Å²) in [5, 5.41) is 2.54. The zero-order valence-electron chi connectivity index (χ0n) is 10.1. The van der Waals surface area contributed by atoms with Crippen molar-refractivity contribution in [3.05, 3.63) is 59.9 Å². The van der Waals surface area contributed by atoms with Crippen LogP contribution in [0.2, 0.25) is 0 Å². The summed E-state index contributed by atoms with van der Waals surface area (Å²) in [6.45, 7) is 0.150. The van der Waals surface area contributed by atoms with Crippen LogP contribution in [0.5, 0.6) is 0 Å². The Balaban J connectivity index is 2.27. The first-order chi connectivity index (χ1) is 8.72. The summed E-state index contributed by atoms with van der Waals surface area (Å²) >= 11 is 0. The van der Waals surface area contributed by atoms with E-state index in [1.165, 1.54) is 0 Å². The van der Waals surface area contributed by atoms with E-state index in [0.29, 0.717) is 11.3 Å². The minimum Gasteiger partial charge on any atom is -0.358 e. The van der Waals surface area contributed by atoms with Crippen LogP contribution in [0.4, 0.5) is 0 Å². The van der Waals surface area contributed by atoms with Gasteiger partial charge in [-0.1, -0.05) is 30.3 Å². The van der Waals surface area contributed by atoms with E-state index in [-0.39, 0.29) is 18.2 Å². The van der Waals surface area contributed by atoms with E-state index < -0.39 is 0 Å². The van der Waals surface area contributed by atoms with E-state index in [1.807, 2.05) is 18.2 Å². The van der Waals surface area contributed by atoms with Gasteiger partial charge in [-0.2, -0.15) is 0 Å². The minimum absolute atomic E-state index is 0.0792. The van der Waals surface area contributed by atoms with E-state index >= 15 is 0 Å². The van der Waals surface area contributed by atoms with Crippen LogP contribution < -0.4 is 5.32 Å². The Morgan fingerprint density at radius 1 is 1.11 bits per heavy atom. The van der Waals surface area contributed by atoms with Crippen molar-refractivity contribution < 1.29 is 9.59 Å². The van der Waals surface area contributed by atoms with E-state index in [9.17, 15) is 9.59 Å². The fourth-order valence-corrected chi connectivity index (χ4v) is 1.73. The second kappa shape index (κ2) is 5.31. The highest BCUT2D eigenvalue weighted by molar-refractivity contribution is 6.08. The number of hydrogen-bond acceptors (Lipinski definition) is 2. The van der Waals surface area contributed by atoms with Gasteiger partial charge in [0.1, 0.15) is 6.54 Å². The van der Waals surface area contributed by atoms with Crippen molar-refractivity contribution in [3.63, 3.8) is 0 Å². The first kappa shape index (κ1) is 12.1. The average Bonchev–Trinajstić information content (AvgIpc) is 2.86. The summed E-state index contributed by atoms with van der Waals surface area (Å²) in [5.74, 6) is -0.210. The zero-order chi connectivity index (χ0) is 13.0. The predicted octanol–water partition coefficient (Wildman–Crippen LogP) is 1.47. The number of hydrogen-bond donors (Lipinski definition) is 1. The molecule has 2 rings (SSSR count). The third-order valence-electron chi connectivity index (χ3n) is 2.69. The fraction of sp³-hybridized carbons (Fsp3) is 0.143. The summed E-state index contributed by atoms with van der Waals surface area (Å²) in [5.41, 5.74) is 1.14. The fourth-order valence-electron chi connectivity index (χ4n) is 1.73. The molecule has 0 aliphatic heterocycles. The first-order valence-corrected chi connectivity index (χ1v) is 5.68. The number of aromatic nitrogens is 1. The van der Waals surface area contributed by atoms with Crippen LogP contribution in [-0.2, 0) is 11.3 Å². The minimum atomic E-state index is -0.131. The molecule has 0 unspecified atom stereocenters. The molecular formula is C14H14N2O2. The quantitative estimate of drug-likeness (QED) is 0.825. The number of rotatable bonds is 4. The molecule has 1 heterocycles. The van der Waals surface area contributed by atoms with E-state index in [2.05, 4.69) is 5.32 Å². The molecule has 92 valence electrons. The lowest BCUT2D eigenvalue weighted by molar-refractivity contribution is -0.121. The Morgan fingerprint density at radius 3 is 2.50 bits per heavy atom. The number of carbonyl (C=O) groups excluding carboxylic acids is 2. The maximum absolute atomic E-state index is 12.2. The van der Waals surface area contributed by atoms with Crippen molar-refractivity contribution in [2.75, 3.05) is 7.05 Å². The standard InChI is InChI=1S/C14H14N2O2/c1-15-13(17)10-16-9-5-8-12(16)14(18)11-6-3-2-4-7-11/h2-9H,10H2,1H3,(H,15,17). The third-order valence-corrected chi connectivity index (χ3v) is 2.69. The molecular weight excluding hydrogens is 228 g/mol. The van der Waals surface area contributed by atoms with Crippen LogP contribution in [0.15, 0.2) is 48.7 Å². The molecule has 1 amide bonds. The van der Waals surface area contributed by atoms with E-state index in [1.54, 1.807) is 42.1 Å². The molecule has 4 nitrogen and oxygen atoms in total. The Kier molecular flexibility index (Phi) is 3.57. The average molecular weight is 242 g/mol. The van der Waals surface area contributed by atoms with Gasteiger partial charge in [-0.3, -0.25) is 9.59 Å². The Bertz CT molecular complexity index is 558. The van der Waals surface area contributed by atoms with Gasteiger partial charge in [0.05, 0.1) is 5.69 Å². The van der Waals surface area contributed by atoms with Gasteiger partial charge in [0.2, 0.25) is 11.7 Å². The van der Waals surface area contributed by atoms with Gasteiger partial charge in [-0.15, -0.1) is 0 Å². The Labute approximate surface area is 105 Å². The zero-order valence-corrected chi connectivity index (χ0v) is 10.1. The summed E-state index contributed by atoms with van der Waals surface area (Å²) in [6, 6.07) is 12.5. The number of nitrogens with one attached hydrogen (secondary N) is 1. The monoisotopic (exact) mass is 242 g/mol. The molecule has 1 N–H and O–H groups in total. The number of amides is 1. The van der Waals surface area contributed by atoms with Crippen molar-refractivity contribution in [2.45, 2.75) is 6.54 Å². The molecule has 1 aromatic carbocycles. The van der Waals surface area contributed by atoms with Crippen LogP contribution in [0.25, 0.3) is 0 Å². The van der Waals surface area contributed by atoms with Gasteiger partial charge in [-0.25, -0.2) is 0 Å². The molecule has 2 aromatic rings. The molecule has 0 fully saturated rings. The van der Waals surface area contributed by atoms with Crippen molar-refractivity contribution >= 4 is 11.7 Å². The maximum Gasteiger partial charge on any atom is 0.239 e. The summed E-state index contributed by atoms with van der Waals surface area (Å²) in [6.07, 6.45) is 1.73. The van der Waals surface area contributed by atoms with Crippen molar-refractivity contribution in [3.8, 4) is 0 Å². The van der Waals surface area contributed by atoms with Gasteiger partial charge < -0.3 is 9.88 Å². The highest BCUT2D eigenvalue weighted by atomic mass is 16.2. The molecule has 0 spiro atoms.